The summed E-state index contributed by atoms with van der Waals surface area (Å²) in [7, 11) is 0. The van der Waals surface area contributed by atoms with Crippen molar-refractivity contribution < 1.29 is 14.3 Å². The van der Waals surface area contributed by atoms with Crippen molar-refractivity contribution in [1.29, 1.82) is 0 Å². The number of rotatable bonds is 7. The van der Waals surface area contributed by atoms with Gasteiger partial charge in [-0.15, -0.1) is 11.3 Å². The number of anilines is 1. The molecule has 0 aliphatic heterocycles. The lowest BCUT2D eigenvalue weighted by atomic mass is 9.91. The molecular formula is C14H21N3O3S. The minimum atomic E-state index is -0.294. The Morgan fingerprint density at radius 3 is 3.05 bits per heavy atom. The summed E-state index contributed by atoms with van der Waals surface area (Å²) in [5.41, 5.74) is 5.96. The van der Waals surface area contributed by atoms with Crippen LogP contribution in [-0.2, 0) is 20.7 Å². The third-order valence-electron chi connectivity index (χ3n) is 3.40. The number of thiazole rings is 1. The Morgan fingerprint density at radius 2 is 2.33 bits per heavy atom. The van der Waals surface area contributed by atoms with Crippen molar-refractivity contribution in [2.45, 2.75) is 44.9 Å². The summed E-state index contributed by atoms with van der Waals surface area (Å²) >= 11 is 1.59. The van der Waals surface area contributed by atoms with Gasteiger partial charge < -0.3 is 15.8 Å². The second-order valence-corrected chi connectivity index (χ2v) is 6.10. The van der Waals surface area contributed by atoms with Crippen LogP contribution in [0.4, 0.5) is 5.13 Å². The van der Waals surface area contributed by atoms with Gasteiger partial charge in [0.1, 0.15) is 5.92 Å². The fourth-order valence-electron chi connectivity index (χ4n) is 2.42. The molecule has 6 nitrogen and oxygen atoms in total. The summed E-state index contributed by atoms with van der Waals surface area (Å²) in [5, 5.41) is 4.00. The number of carbonyl (C=O) groups excluding carboxylic acids is 2. The zero-order chi connectivity index (χ0) is 15.2. The number of ether oxygens (including phenoxy) is 1. The maximum Gasteiger partial charge on any atom is 0.315 e. The molecule has 0 bridgehead atoms. The molecule has 116 valence electrons. The van der Waals surface area contributed by atoms with Crippen molar-refractivity contribution in [2.75, 3.05) is 18.5 Å². The predicted octanol–water partition coefficient (Wildman–Crippen LogP) is 1.80. The number of nitrogens with zero attached hydrogens (tertiary/aromatic N) is 1. The number of amides is 1. The monoisotopic (exact) mass is 311 g/mol. The van der Waals surface area contributed by atoms with Gasteiger partial charge >= 0.3 is 5.97 Å². The number of nitrogens with two attached hydrogens (primary N) is 1. The maximum absolute atomic E-state index is 12.0. The first-order valence-electron chi connectivity index (χ1n) is 7.30. The smallest absolute Gasteiger partial charge is 0.315 e. The molecule has 1 aromatic heterocycles. The largest absolute Gasteiger partial charge is 0.465 e. The number of aryl methyl sites for hydroxylation is 1. The van der Waals surface area contributed by atoms with E-state index in [1.54, 1.807) is 11.3 Å². The summed E-state index contributed by atoms with van der Waals surface area (Å²) < 4.78 is 5.13. The highest BCUT2D eigenvalue weighted by molar-refractivity contribution is 7.15. The maximum atomic E-state index is 12.0. The third-order valence-corrected chi connectivity index (χ3v) is 4.49. The first-order chi connectivity index (χ1) is 10.1. The molecule has 0 saturated heterocycles. The number of hydrogen-bond acceptors (Lipinski definition) is 6. The molecular weight excluding hydrogens is 290 g/mol. The van der Waals surface area contributed by atoms with Crippen LogP contribution in [0.3, 0.4) is 0 Å². The van der Waals surface area contributed by atoms with Crippen molar-refractivity contribution in [3.05, 3.63) is 10.6 Å². The number of carbonyl (C=O) groups is 2. The second kappa shape index (κ2) is 7.40. The Balaban J connectivity index is 1.98. The Morgan fingerprint density at radius 1 is 1.52 bits per heavy atom. The lowest BCUT2D eigenvalue weighted by Gasteiger charge is -2.19. The zero-order valence-electron chi connectivity index (χ0n) is 12.2. The highest BCUT2D eigenvalue weighted by Gasteiger charge is 2.31. The van der Waals surface area contributed by atoms with Crippen molar-refractivity contribution in [1.82, 2.24) is 4.98 Å². The van der Waals surface area contributed by atoms with E-state index in [4.69, 9.17) is 10.5 Å². The fourth-order valence-corrected chi connectivity index (χ4v) is 3.51. The molecule has 0 aromatic carbocycles. The van der Waals surface area contributed by atoms with E-state index >= 15 is 0 Å². The molecule has 21 heavy (non-hydrogen) atoms. The van der Waals surface area contributed by atoms with Gasteiger partial charge in [0.15, 0.2) is 5.13 Å². The lowest BCUT2D eigenvalue weighted by molar-refractivity contribution is -0.145. The molecule has 1 aromatic rings. The number of hydrogen-bond donors (Lipinski definition) is 2. The van der Waals surface area contributed by atoms with Gasteiger partial charge in [0, 0.05) is 17.8 Å². The van der Waals surface area contributed by atoms with Crippen LogP contribution in [0, 0.1) is 0 Å². The standard InChI is InChI=1S/C14H21N3O3S/c1-2-20-13(19)9-5-3-6-10-12(9)17-14(21-10)16-8-4-7-11(15)18/h9H,2-8H2,1H3,(H2,15,18)(H,16,17). The van der Waals surface area contributed by atoms with Crippen LogP contribution < -0.4 is 11.1 Å². The van der Waals surface area contributed by atoms with Crippen LogP contribution in [0.5, 0.6) is 0 Å². The molecule has 3 N–H and O–H groups in total. The van der Waals surface area contributed by atoms with Crippen molar-refractivity contribution >= 4 is 28.3 Å². The van der Waals surface area contributed by atoms with Crippen LogP contribution in [0.2, 0.25) is 0 Å². The van der Waals surface area contributed by atoms with E-state index in [9.17, 15) is 9.59 Å². The van der Waals surface area contributed by atoms with E-state index < -0.39 is 0 Å². The molecule has 2 rings (SSSR count). The number of nitrogens with one attached hydrogen (secondary N) is 1. The summed E-state index contributed by atoms with van der Waals surface area (Å²) in [6.45, 7) is 2.86. The lowest BCUT2D eigenvalue weighted by Crippen LogP contribution is -2.20. The summed E-state index contributed by atoms with van der Waals surface area (Å²) in [6, 6.07) is 0. The van der Waals surface area contributed by atoms with Gasteiger partial charge in [-0.25, -0.2) is 4.98 Å². The van der Waals surface area contributed by atoms with Crippen LogP contribution in [0.25, 0.3) is 0 Å². The average molecular weight is 311 g/mol. The van der Waals surface area contributed by atoms with Gasteiger partial charge in [0.25, 0.3) is 0 Å². The Labute approximate surface area is 128 Å². The molecule has 1 atom stereocenters. The topological polar surface area (TPSA) is 94.3 Å². The van der Waals surface area contributed by atoms with E-state index in [0.29, 0.717) is 26.0 Å². The zero-order valence-corrected chi connectivity index (χ0v) is 13.0. The molecule has 1 aliphatic rings. The Hall–Kier alpha value is -1.63. The molecule has 1 aliphatic carbocycles. The van der Waals surface area contributed by atoms with E-state index in [1.165, 1.54) is 0 Å². The molecule has 0 radical (unpaired) electrons. The predicted molar refractivity (Wildman–Crippen MR) is 81.3 cm³/mol. The van der Waals surface area contributed by atoms with Crippen LogP contribution >= 0.6 is 11.3 Å². The normalized spacial score (nSPS) is 17.1. The molecule has 7 heteroatoms. The SMILES string of the molecule is CCOC(=O)C1CCCc2sc(NCCCC(N)=O)nc21. The first kappa shape index (κ1) is 15.8. The van der Waals surface area contributed by atoms with E-state index in [0.717, 1.165) is 35.0 Å². The Kier molecular flexibility index (Phi) is 5.55. The van der Waals surface area contributed by atoms with Crippen molar-refractivity contribution in [3.8, 4) is 0 Å². The molecule has 1 amide bonds. The van der Waals surface area contributed by atoms with Crippen molar-refractivity contribution in [3.63, 3.8) is 0 Å². The van der Waals surface area contributed by atoms with Crippen LogP contribution in [0.1, 0.15) is 49.1 Å². The quantitative estimate of drug-likeness (QED) is 0.591. The van der Waals surface area contributed by atoms with Gasteiger partial charge in [-0.2, -0.15) is 0 Å². The van der Waals surface area contributed by atoms with E-state index in [-0.39, 0.29) is 17.8 Å². The molecule has 1 unspecified atom stereocenters. The summed E-state index contributed by atoms with van der Waals surface area (Å²) in [4.78, 5) is 28.4. The van der Waals surface area contributed by atoms with E-state index in [1.807, 2.05) is 6.92 Å². The molecule has 1 heterocycles. The van der Waals surface area contributed by atoms with E-state index in [2.05, 4.69) is 10.3 Å². The average Bonchev–Trinajstić information content (AvgIpc) is 2.86. The number of esters is 1. The Bertz CT molecular complexity index is 516. The van der Waals surface area contributed by atoms with Gasteiger partial charge in [-0.3, -0.25) is 9.59 Å². The van der Waals surface area contributed by atoms with Gasteiger partial charge in [0.05, 0.1) is 12.3 Å². The van der Waals surface area contributed by atoms with Crippen LogP contribution in [0.15, 0.2) is 0 Å². The number of aromatic nitrogens is 1. The number of fused-ring (bicyclic) bond motifs is 1. The molecule has 0 fully saturated rings. The van der Waals surface area contributed by atoms with Crippen LogP contribution in [-0.4, -0.2) is 30.0 Å². The fraction of sp³-hybridized carbons (Fsp3) is 0.643. The second-order valence-electron chi connectivity index (χ2n) is 5.02. The molecule has 0 saturated carbocycles. The minimum Gasteiger partial charge on any atom is -0.465 e. The third kappa shape index (κ3) is 4.17. The van der Waals surface area contributed by atoms with Gasteiger partial charge in [0.2, 0.25) is 5.91 Å². The van der Waals surface area contributed by atoms with Gasteiger partial charge in [-0.1, -0.05) is 0 Å². The highest BCUT2D eigenvalue weighted by atomic mass is 32.1. The highest BCUT2D eigenvalue weighted by Crippen LogP contribution is 2.37. The number of primary amides is 1. The first-order valence-corrected chi connectivity index (χ1v) is 8.12. The summed E-state index contributed by atoms with van der Waals surface area (Å²) in [6.07, 6.45) is 3.80. The minimum absolute atomic E-state index is 0.177. The van der Waals surface area contributed by atoms with Gasteiger partial charge in [-0.05, 0) is 32.6 Å². The summed E-state index contributed by atoms with van der Waals surface area (Å²) in [5.74, 6) is -0.701. The van der Waals surface area contributed by atoms with Crippen molar-refractivity contribution in [2.24, 2.45) is 5.73 Å². The molecule has 0 spiro atoms.